The second-order valence-corrected chi connectivity index (χ2v) is 6.39. The van der Waals surface area contributed by atoms with Gasteiger partial charge < -0.3 is 9.72 Å². The Bertz CT molecular complexity index is 1190. The van der Waals surface area contributed by atoms with Crippen LogP contribution < -0.4 is 5.56 Å². The Labute approximate surface area is 165 Å². The highest BCUT2D eigenvalue weighted by Gasteiger charge is 2.11. The number of aromatic nitrogens is 6. The van der Waals surface area contributed by atoms with Crippen LogP contribution in [0, 0.1) is 0 Å². The number of hydrogen-bond acceptors (Lipinski definition) is 7. The number of H-pyrrole nitrogens is 1. The molecular formula is C20H18N6O3. The number of carbonyl (C=O) groups excluding carboxylic acids is 1. The van der Waals surface area contributed by atoms with Crippen molar-refractivity contribution in [1.82, 2.24) is 30.2 Å². The van der Waals surface area contributed by atoms with E-state index in [0.29, 0.717) is 35.4 Å². The predicted molar refractivity (Wildman–Crippen MR) is 104 cm³/mol. The predicted octanol–water partition coefficient (Wildman–Crippen LogP) is 1.96. The van der Waals surface area contributed by atoms with E-state index in [1.165, 1.54) is 4.68 Å². The largest absolute Gasteiger partial charge is 0.457 e. The third-order valence-corrected chi connectivity index (χ3v) is 4.35. The molecule has 0 unspecified atom stereocenters. The van der Waals surface area contributed by atoms with Gasteiger partial charge >= 0.3 is 5.97 Å². The Hall–Kier alpha value is -3.88. The number of aryl methyl sites for hydroxylation is 1. The Morgan fingerprint density at radius 2 is 1.86 bits per heavy atom. The quantitative estimate of drug-likeness (QED) is 0.480. The average molecular weight is 390 g/mol. The first-order valence-electron chi connectivity index (χ1n) is 9.17. The van der Waals surface area contributed by atoms with E-state index in [0.717, 1.165) is 5.69 Å². The van der Waals surface area contributed by atoms with Gasteiger partial charge in [0, 0.05) is 12.8 Å². The molecular weight excluding hydrogens is 372 g/mol. The van der Waals surface area contributed by atoms with E-state index in [1.807, 2.05) is 36.4 Å². The lowest BCUT2D eigenvalue weighted by Gasteiger charge is -2.06. The summed E-state index contributed by atoms with van der Waals surface area (Å²) in [5, 5.41) is 12.0. The molecule has 0 aliphatic carbocycles. The van der Waals surface area contributed by atoms with Gasteiger partial charge in [0.05, 0.1) is 16.6 Å². The minimum atomic E-state index is -0.365. The van der Waals surface area contributed by atoms with E-state index in [4.69, 9.17) is 4.74 Å². The van der Waals surface area contributed by atoms with Crippen LogP contribution in [-0.4, -0.2) is 36.1 Å². The molecule has 29 heavy (non-hydrogen) atoms. The molecule has 2 aromatic heterocycles. The van der Waals surface area contributed by atoms with Gasteiger partial charge in [-0.05, 0) is 41.1 Å². The van der Waals surface area contributed by atoms with E-state index >= 15 is 0 Å². The Balaban J connectivity index is 1.30. The molecule has 2 aromatic carbocycles. The van der Waals surface area contributed by atoms with Crippen LogP contribution in [0.3, 0.4) is 0 Å². The van der Waals surface area contributed by atoms with Crippen molar-refractivity contribution < 1.29 is 9.53 Å². The molecule has 0 amide bonds. The number of benzene rings is 2. The summed E-state index contributed by atoms with van der Waals surface area (Å²) in [5.74, 6) is 0.621. The number of hydrogen-bond donors (Lipinski definition) is 1. The maximum Gasteiger partial charge on any atom is 0.306 e. The molecule has 9 heteroatoms. The fraction of sp³-hybridized carbons (Fsp3) is 0.200. The number of carbonyl (C=O) groups is 1. The van der Waals surface area contributed by atoms with Crippen molar-refractivity contribution in [3.05, 3.63) is 76.6 Å². The number of para-hydroxylation sites is 2. The first kappa shape index (κ1) is 18.5. The number of tetrazole rings is 1. The number of esters is 1. The Morgan fingerprint density at radius 3 is 2.72 bits per heavy atom. The minimum Gasteiger partial charge on any atom is -0.457 e. The molecule has 146 valence electrons. The van der Waals surface area contributed by atoms with E-state index in [2.05, 4.69) is 25.5 Å². The van der Waals surface area contributed by atoms with Crippen molar-refractivity contribution in [2.24, 2.45) is 0 Å². The summed E-state index contributed by atoms with van der Waals surface area (Å²) in [7, 11) is 0. The van der Waals surface area contributed by atoms with E-state index in [9.17, 15) is 9.59 Å². The maximum absolute atomic E-state index is 12.1. The van der Waals surface area contributed by atoms with E-state index in [1.54, 1.807) is 18.2 Å². The molecule has 0 aliphatic heterocycles. The molecule has 0 bridgehead atoms. The molecule has 2 heterocycles. The van der Waals surface area contributed by atoms with Gasteiger partial charge in [-0.2, -0.15) is 4.68 Å². The van der Waals surface area contributed by atoms with Gasteiger partial charge in [0.15, 0.2) is 12.4 Å². The SMILES string of the molecule is O=C(CCCc1nc2ccccc2c(=O)[nH]1)OCc1nnnn1-c1ccccc1. The van der Waals surface area contributed by atoms with Crippen LogP contribution >= 0.6 is 0 Å². The van der Waals surface area contributed by atoms with Crippen LogP contribution in [0.2, 0.25) is 0 Å². The monoisotopic (exact) mass is 390 g/mol. The fourth-order valence-electron chi connectivity index (χ4n) is 2.94. The number of ether oxygens (including phenoxy) is 1. The van der Waals surface area contributed by atoms with Crippen molar-refractivity contribution in [3.63, 3.8) is 0 Å². The van der Waals surface area contributed by atoms with E-state index < -0.39 is 0 Å². The lowest BCUT2D eigenvalue weighted by Crippen LogP contribution is -2.13. The highest BCUT2D eigenvalue weighted by atomic mass is 16.5. The third-order valence-electron chi connectivity index (χ3n) is 4.35. The highest BCUT2D eigenvalue weighted by molar-refractivity contribution is 5.77. The number of nitrogens with zero attached hydrogens (tertiary/aromatic N) is 5. The van der Waals surface area contributed by atoms with Crippen molar-refractivity contribution in [3.8, 4) is 5.69 Å². The van der Waals surface area contributed by atoms with Crippen LogP contribution in [0.15, 0.2) is 59.4 Å². The summed E-state index contributed by atoms with van der Waals surface area (Å²) >= 11 is 0. The lowest BCUT2D eigenvalue weighted by atomic mass is 10.2. The van der Waals surface area contributed by atoms with Gasteiger partial charge in [-0.3, -0.25) is 9.59 Å². The van der Waals surface area contributed by atoms with Gasteiger partial charge in [-0.25, -0.2) is 4.98 Å². The molecule has 0 saturated carbocycles. The number of fused-ring (bicyclic) bond motifs is 1. The smallest absolute Gasteiger partial charge is 0.306 e. The van der Waals surface area contributed by atoms with Crippen LogP contribution in [0.5, 0.6) is 0 Å². The summed E-state index contributed by atoms with van der Waals surface area (Å²) in [6, 6.07) is 16.5. The lowest BCUT2D eigenvalue weighted by molar-refractivity contribution is -0.145. The first-order chi connectivity index (χ1) is 14.2. The molecule has 0 radical (unpaired) electrons. The molecule has 0 saturated heterocycles. The summed E-state index contributed by atoms with van der Waals surface area (Å²) in [6.45, 7) is -0.0220. The second-order valence-electron chi connectivity index (χ2n) is 6.39. The van der Waals surface area contributed by atoms with Gasteiger partial charge in [-0.1, -0.05) is 30.3 Å². The molecule has 0 aliphatic rings. The second kappa shape index (κ2) is 8.42. The molecule has 0 fully saturated rings. The zero-order chi connectivity index (χ0) is 20.1. The van der Waals surface area contributed by atoms with E-state index in [-0.39, 0.29) is 24.6 Å². The van der Waals surface area contributed by atoms with Crippen molar-refractivity contribution in [2.45, 2.75) is 25.9 Å². The van der Waals surface area contributed by atoms with Gasteiger partial charge in [0.2, 0.25) is 0 Å². The van der Waals surface area contributed by atoms with Crippen LogP contribution in [0.4, 0.5) is 0 Å². The number of rotatable bonds is 7. The van der Waals surface area contributed by atoms with Crippen LogP contribution in [-0.2, 0) is 22.6 Å². The number of nitrogens with one attached hydrogen (secondary N) is 1. The maximum atomic E-state index is 12.1. The number of aromatic amines is 1. The molecule has 1 N–H and O–H groups in total. The topological polar surface area (TPSA) is 116 Å². The zero-order valence-electron chi connectivity index (χ0n) is 15.5. The first-order valence-corrected chi connectivity index (χ1v) is 9.17. The highest BCUT2D eigenvalue weighted by Crippen LogP contribution is 2.10. The summed E-state index contributed by atoms with van der Waals surface area (Å²) in [5.41, 5.74) is 1.25. The molecule has 0 spiro atoms. The van der Waals surface area contributed by atoms with Gasteiger partial charge in [0.1, 0.15) is 5.82 Å². The molecule has 4 rings (SSSR count). The van der Waals surface area contributed by atoms with Crippen LogP contribution in [0.25, 0.3) is 16.6 Å². The normalized spacial score (nSPS) is 10.9. The van der Waals surface area contributed by atoms with Crippen molar-refractivity contribution in [1.29, 1.82) is 0 Å². The zero-order valence-corrected chi connectivity index (χ0v) is 15.5. The summed E-state index contributed by atoms with van der Waals surface area (Å²) in [4.78, 5) is 31.3. The van der Waals surface area contributed by atoms with Crippen molar-refractivity contribution in [2.75, 3.05) is 0 Å². The van der Waals surface area contributed by atoms with Gasteiger partial charge in [0.25, 0.3) is 5.56 Å². The third kappa shape index (κ3) is 4.34. The van der Waals surface area contributed by atoms with Crippen molar-refractivity contribution >= 4 is 16.9 Å². The fourth-order valence-corrected chi connectivity index (χ4v) is 2.94. The standard InChI is InChI=1S/C20H18N6O3/c27-19(29-13-18-23-24-25-26(18)14-7-2-1-3-8-14)12-6-11-17-21-16-10-5-4-9-15(16)20(28)22-17/h1-5,7-10H,6,11-13H2,(H,21,22,28). The Kier molecular flexibility index (Phi) is 5.37. The minimum absolute atomic E-state index is 0.0220. The average Bonchev–Trinajstić information content (AvgIpc) is 3.22. The summed E-state index contributed by atoms with van der Waals surface area (Å²) < 4.78 is 6.81. The molecule has 4 aromatic rings. The van der Waals surface area contributed by atoms with Crippen LogP contribution in [0.1, 0.15) is 24.5 Å². The summed E-state index contributed by atoms with van der Waals surface area (Å²) in [6.07, 6.45) is 1.17. The molecule has 9 nitrogen and oxygen atoms in total. The Morgan fingerprint density at radius 1 is 1.07 bits per heavy atom. The van der Waals surface area contributed by atoms with Gasteiger partial charge in [-0.15, -0.1) is 5.10 Å². The molecule has 0 atom stereocenters.